The highest BCUT2D eigenvalue weighted by Gasteiger charge is 2.52. The third kappa shape index (κ3) is 7.63. The first-order valence-corrected chi connectivity index (χ1v) is 27.1. The summed E-state index contributed by atoms with van der Waals surface area (Å²) >= 11 is 3.47. The number of anilines is 3. The summed E-state index contributed by atoms with van der Waals surface area (Å²) in [5, 5.41) is 19.2. The monoisotopic (exact) mass is 917 g/mol. The van der Waals surface area contributed by atoms with Crippen molar-refractivity contribution in [2.45, 2.75) is 194 Å². The van der Waals surface area contributed by atoms with Crippen LogP contribution in [-0.2, 0) is 39.3 Å². The Morgan fingerprint density at radius 2 is 0.924 bits per heavy atom. The van der Waals surface area contributed by atoms with E-state index in [2.05, 4.69) is 123 Å². The number of carboxylic acid groups (broad SMARTS) is 1. The number of hydrogen-bond acceptors (Lipinski definition) is 5. The molecule has 1 aliphatic carbocycles. The summed E-state index contributed by atoms with van der Waals surface area (Å²) in [7, 11) is 0. The van der Waals surface area contributed by atoms with Gasteiger partial charge in [-0.3, -0.25) is 0 Å². The Kier molecular flexibility index (Phi) is 12.4. The smallest absolute Gasteiger partial charge is 0.346 e. The zero-order chi connectivity index (χ0) is 46.9. The van der Waals surface area contributed by atoms with Gasteiger partial charge in [-0.1, -0.05) is 171 Å². The summed E-state index contributed by atoms with van der Waals surface area (Å²) in [6.45, 7) is 24.2. The van der Waals surface area contributed by atoms with Gasteiger partial charge in [0.1, 0.15) is 11.6 Å². The normalized spacial score (nSPS) is 17.0. The van der Waals surface area contributed by atoms with E-state index in [4.69, 9.17) is 0 Å². The number of nitriles is 1. The van der Waals surface area contributed by atoms with E-state index in [9.17, 15) is 15.2 Å². The molecule has 0 saturated heterocycles. The largest absolute Gasteiger partial charge is 0.477 e. The highest BCUT2D eigenvalue weighted by atomic mass is 32.1. The van der Waals surface area contributed by atoms with Gasteiger partial charge in [0.15, 0.2) is 0 Å². The van der Waals surface area contributed by atoms with Gasteiger partial charge in [-0.2, -0.15) is 5.26 Å². The van der Waals surface area contributed by atoms with Gasteiger partial charge < -0.3 is 10.0 Å². The van der Waals surface area contributed by atoms with Gasteiger partial charge in [0.25, 0.3) is 0 Å². The molecular formula is C60H72N2O2S2. The standard InChI is InChI=1S/C60H72N2O2S2/c1-11-13-15-17-19-21-23-25-37-27-42-51-44(29-37)58(5,6)46-32-39(50-35-49-55(66-50)54-48(60(49,9)10)34-41(65-54)31-40(36-61)56(63)64)33-47-53(46)62(51)52-43(57(42,3)4)28-38(30-45(52)59(47,7)8)26-24-22-20-18-16-14-12-2/h27-35H,11-26H2,1-10H3,(H,63,64)/b40-31-. The SMILES string of the molecule is CCCCCCCCCc1cc2c3c(c1)C(C)(C)c1cc(-c4cc5c(s4)-c4sc(/C=C(/C#N)C(=O)O)cc4C5(C)C)cc4c1N3c1c(cc(CCCCCCCCC)cc1C4(C)C)C2(C)C. The van der Waals surface area contributed by atoms with Crippen LogP contribution in [0.3, 0.4) is 0 Å². The first kappa shape index (κ1) is 46.7. The molecule has 6 heteroatoms. The molecule has 346 valence electrons. The van der Waals surface area contributed by atoms with Crippen molar-refractivity contribution in [3.63, 3.8) is 0 Å². The quantitative estimate of drug-likeness (QED) is 0.0509. The minimum atomic E-state index is -1.19. The van der Waals surface area contributed by atoms with Crippen LogP contribution in [0.2, 0.25) is 0 Å². The molecule has 0 atom stereocenters. The van der Waals surface area contributed by atoms with Crippen molar-refractivity contribution in [3.8, 4) is 26.3 Å². The molecule has 4 nitrogen and oxygen atoms in total. The molecule has 5 heterocycles. The first-order chi connectivity index (χ1) is 31.5. The number of benzene rings is 3. The minimum Gasteiger partial charge on any atom is -0.477 e. The van der Waals surface area contributed by atoms with Crippen LogP contribution in [0.4, 0.5) is 17.1 Å². The maximum absolute atomic E-state index is 11.8. The topological polar surface area (TPSA) is 64.3 Å². The minimum absolute atomic E-state index is 0.150. The molecule has 9 rings (SSSR count). The Balaban J connectivity index is 1.18. The average molecular weight is 917 g/mol. The molecule has 4 aliphatic rings. The summed E-state index contributed by atoms with van der Waals surface area (Å²) in [6.07, 6.45) is 22.2. The van der Waals surface area contributed by atoms with Crippen LogP contribution in [-0.4, -0.2) is 11.1 Å². The first-order valence-electron chi connectivity index (χ1n) is 25.5. The van der Waals surface area contributed by atoms with Gasteiger partial charge in [-0.05, 0) is 117 Å². The van der Waals surface area contributed by atoms with Gasteiger partial charge in [-0.25, -0.2) is 4.79 Å². The molecule has 0 bridgehead atoms. The summed E-state index contributed by atoms with van der Waals surface area (Å²) in [6, 6.07) is 22.0. The van der Waals surface area contributed by atoms with Crippen LogP contribution < -0.4 is 4.90 Å². The summed E-state index contributed by atoms with van der Waals surface area (Å²) in [4.78, 5) is 19.1. The molecule has 0 fully saturated rings. The third-order valence-electron chi connectivity index (χ3n) is 16.3. The molecule has 0 unspecified atom stereocenters. The summed E-state index contributed by atoms with van der Waals surface area (Å²) in [5.74, 6) is -1.19. The van der Waals surface area contributed by atoms with Crippen LogP contribution >= 0.6 is 22.7 Å². The van der Waals surface area contributed by atoms with E-state index in [0.717, 1.165) is 17.7 Å². The van der Waals surface area contributed by atoms with Gasteiger partial charge in [0.2, 0.25) is 0 Å². The number of hydrogen-bond donors (Lipinski definition) is 1. The van der Waals surface area contributed by atoms with Gasteiger partial charge in [0.05, 0.1) is 17.1 Å². The van der Waals surface area contributed by atoms with E-state index >= 15 is 0 Å². The molecule has 3 aromatic carbocycles. The molecule has 0 saturated carbocycles. The zero-order valence-electron chi connectivity index (χ0n) is 41.6. The molecule has 1 N–H and O–H groups in total. The fraction of sp³-hybridized carbons (Fsp3) is 0.500. The molecule has 66 heavy (non-hydrogen) atoms. The lowest BCUT2D eigenvalue weighted by atomic mass is 9.60. The van der Waals surface area contributed by atoms with Crippen LogP contribution in [0.1, 0.15) is 220 Å². The second-order valence-electron chi connectivity index (χ2n) is 22.3. The molecule has 0 radical (unpaired) electrons. The van der Waals surface area contributed by atoms with Crippen molar-refractivity contribution in [2.75, 3.05) is 4.90 Å². The fourth-order valence-corrected chi connectivity index (χ4v) is 14.8. The van der Waals surface area contributed by atoms with Crippen LogP contribution in [0.15, 0.2) is 54.1 Å². The lowest BCUT2D eigenvalue weighted by Gasteiger charge is -2.55. The average Bonchev–Trinajstić information content (AvgIpc) is 3.97. The maximum atomic E-state index is 11.8. The van der Waals surface area contributed by atoms with E-state index in [-0.39, 0.29) is 27.2 Å². The molecular weight excluding hydrogens is 845 g/mol. The van der Waals surface area contributed by atoms with E-state index in [1.807, 2.05) is 17.4 Å². The molecule has 3 aliphatic heterocycles. The van der Waals surface area contributed by atoms with Crippen molar-refractivity contribution >= 4 is 51.8 Å². The number of carbonyl (C=O) groups is 1. The molecule has 0 spiro atoms. The number of nitrogens with zero attached hydrogens (tertiary/aromatic N) is 2. The van der Waals surface area contributed by atoms with Gasteiger partial charge in [-0.15, -0.1) is 22.7 Å². The van der Waals surface area contributed by atoms with Crippen LogP contribution in [0.5, 0.6) is 0 Å². The van der Waals surface area contributed by atoms with E-state index in [0.29, 0.717) is 0 Å². The number of fused-ring (bicyclic) bond motifs is 3. The van der Waals surface area contributed by atoms with Crippen molar-refractivity contribution in [1.82, 2.24) is 0 Å². The summed E-state index contributed by atoms with van der Waals surface area (Å²) in [5.41, 5.74) is 18.6. The predicted molar refractivity (Wildman–Crippen MR) is 281 cm³/mol. The van der Waals surface area contributed by atoms with E-state index in [1.165, 1.54) is 189 Å². The Hall–Kier alpha value is -4.44. The zero-order valence-corrected chi connectivity index (χ0v) is 43.2. The number of unbranched alkanes of at least 4 members (excludes halogenated alkanes) is 12. The highest BCUT2D eigenvalue weighted by Crippen LogP contribution is 2.67. The molecule has 0 amide bonds. The Morgan fingerprint density at radius 3 is 1.35 bits per heavy atom. The summed E-state index contributed by atoms with van der Waals surface area (Å²) < 4.78 is 0. The highest BCUT2D eigenvalue weighted by molar-refractivity contribution is 7.24. The number of aliphatic carboxylic acids is 1. The van der Waals surface area contributed by atoms with Crippen molar-refractivity contribution < 1.29 is 9.90 Å². The second-order valence-corrected chi connectivity index (χ2v) is 24.4. The van der Waals surface area contributed by atoms with Gasteiger partial charge >= 0.3 is 5.97 Å². The lowest BCUT2D eigenvalue weighted by Crippen LogP contribution is -2.44. The molecule has 5 aromatic rings. The Morgan fingerprint density at radius 1 is 0.545 bits per heavy atom. The Bertz CT molecular complexity index is 2690. The third-order valence-corrected chi connectivity index (χ3v) is 18.7. The van der Waals surface area contributed by atoms with E-state index < -0.39 is 5.97 Å². The lowest BCUT2D eigenvalue weighted by molar-refractivity contribution is -0.132. The number of rotatable bonds is 19. The van der Waals surface area contributed by atoms with Crippen molar-refractivity contribution in [2.24, 2.45) is 0 Å². The van der Waals surface area contributed by atoms with Gasteiger partial charge in [0, 0.05) is 41.2 Å². The van der Waals surface area contributed by atoms with Crippen LogP contribution in [0.25, 0.3) is 26.3 Å². The molecule has 2 aromatic heterocycles. The predicted octanol–water partition coefficient (Wildman–Crippen LogP) is 17.7. The van der Waals surface area contributed by atoms with Crippen LogP contribution in [0, 0.1) is 11.3 Å². The number of carboxylic acids is 1. The Labute approximate surface area is 404 Å². The second kappa shape index (κ2) is 17.6. The van der Waals surface area contributed by atoms with Crippen molar-refractivity contribution in [1.29, 1.82) is 5.26 Å². The van der Waals surface area contributed by atoms with E-state index in [1.54, 1.807) is 11.3 Å². The number of thiophene rings is 2. The maximum Gasteiger partial charge on any atom is 0.346 e. The number of aryl methyl sites for hydroxylation is 2. The fourth-order valence-electron chi connectivity index (χ4n) is 12.1. The van der Waals surface area contributed by atoms with Crippen molar-refractivity contribution in [3.05, 3.63) is 115 Å².